The molecule has 0 N–H and O–H groups in total. The first-order valence-electron chi connectivity index (χ1n) is 15.3. The minimum atomic E-state index is -0.0923. The Kier molecular flexibility index (Phi) is 6.00. The molecule has 1 aliphatic carbocycles. The highest BCUT2D eigenvalue weighted by atomic mass is 16.1. The standard InChI is InChI=1S/C40H32N4O/c1-40(2)31-15-9-8-13-29(31)37-30(14-10-16-32(37)40)34-24-33(41-38(42-34)27-11-6-5-7-12-27)26-19-17-25(18-20-26)28-21-22-35-36(23-28)44(4)39(45)43(35)3/h5-24H,1-4H3. The predicted octanol–water partition coefficient (Wildman–Crippen LogP) is 8.64. The fraction of sp³-hybridized carbons (Fsp3) is 0.125. The highest BCUT2D eigenvalue weighted by Gasteiger charge is 2.36. The van der Waals surface area contributed by atoms with Crippen molar-refractivity contribution in [2.75, 3.05) is 0 Å². The maximum atomic E-state index is 12.5. The number of aromatic nitrogens is 4. The molecule has 0 saturated carbocycles. The zero-order valence-corrected chi connectivity index (χ0v) is 25.7. The number of benzene rings is 5. The normalized spacial score (nSPS) is 13.2. The summed E-state index contributed by atoms with van der Waals surface area (Å²) in [5.74, 6) is 0.700. The Bertz CT molecular complexity index is 2330. The van der Waals surface area contributed by atoms with Gasteiger partial charge in [0.1, 0.15) is 0 Å². The van der Waals surface area contributed by atoms with E-state index in [1.807, 2.05) is 38.4 Å². The third-order valence-corrected chi connectivity index (χ3v) is 9.43. The maximum absolute atomic E-state index is 12.5. The Balaban J connectivity index is 1.27. The molecule has 0 fully saturated rings. The van der Waals surface area contributed by atoms with Crippen molar-refractivity contribution in [1.82, 2.24) is 19.1 Å². The molecule has 2 heterocycles. The van der Waals surface area contributed by atoms with Gasteiger partial charge in [-0.15, -0.1) is 0 Å². The number of hydrogen-bond acceptors (Lipinski definition) is 3. The highest BCUT2D eigenvalue weighted by Crippen LogP contribution is 2.51. The molecule has 0 aliphatic heterocycles. The van der Waals surface area contributed by atoms with Gasteiger partial charge in [-0.2, -0.15) is 0 Å². The van der Waals surface area contributed by atoms with Crippen molar-refractivity contribution in [3.05, 3.63) is 143 Å². The molecule has 0 amide bonds. The summed E-state index contributed by atoms with van der Waals surface area (Å²) in [4.78, 5) is 22.7. The van der Waals surface area contributed by atoms with E-state index in [0.29, 0.717) is 5.82 Å². The van der Waals surface area contributed by atoms with Gasteiger partial charge in [0, 0.05) is 36.2 Å². The van der Waals surface area contributed by atoms with Crippen LogP contribution >= 0.6 is 0 Å². The molecule has 5 heteroatoms. The SMILES string of the molecule is Cn1c(=O)n(C)c2cc(-c3ccc(-c4cc(-c5cccc6c5-c5ccccc5C6(C)C)nc(-c5ccccc5)n4)cc3)ccc21. The maximum Gasteiger partial charge on any atom is 0.328 e. The van der Waals surface area contributed by atoms with Crippen LogP contribution in [0.2, 0.25) is 0 Å². The summed E-state index contributed by atoms with van der Waals surface area (Å²) in [6.45, 7) is 4.61. The molecule has 0 spiro atoms. The van der Waals surface area contributed by atoms with Gasteiger partial charge in [0.15, 0.2) is 5.82 Å². The van der Waals surface area contributed by atoms with Crippen molar-refractivity contribution in [2.45, 2.75) is 19.3 Å². The molecule has 218 valence electrons. The van der Waals surface area contributed by atoms with E-state index >= 15 is 0 Å². The molecule has 5 nitrogen and oxygen atoms in total. The van der Waals surface area contributed by atoms with E-state index in [4.69, 9.17) is 9.97 Å². The van der Waals surface area contributed by atoms with Gasteiger partial charge in [0.05, 0.1) is 22.4 Å². The number of hydrogen-bond donors (Lipinski definition) is 0. The van der Waals surface area contributed by atoms with Gasteiger partial charge >= 0.3 is 5.69 Å². The van der Waals surface area contributed by atoms with Gasteiger partial charge < -0.3 is 0 Å². The second kappa shape index (κ2) is 10.00. The quantitative estimate of drug-likeness (QED) is 0.208. The Morgan fingerprint density at radius 1 is 0.533 bits per heavy atom. The Morgan fingerprint density at radius 2 is 1.16 bits per heavy atom. The molecule has 2 aromatic heterocycles. The molecular weight excluding hydrogens is 552 g/mol. The molecule has 5 aromatic carbocycles. The fourth-order valence-corrected chi connectivity index (χ4v) is 6.94. The number of aryl methyl sites for hydroxylation is 2. The fourth-order valence-electron chi connectivity index (χ4n) is 6.94. The van der Waals surface area contributed by atoms with E-state index in [0.717, 1.165) is 50.2 Å². The molecule has 8 rings (SSSR count). The van der Waals surface area contributed by atoms with Crippen LogP contribution in [0.25, 0.3) is 67.2 Å². The zero-order valence-electron chi connectivity index (χ0n) is 25.7. The van der Waals surface area contributed by atoms with Crippen LogP contribution in [0, 0.1) is 0 Å². The molecule has 0 unspecified atom stereocenters. The minimum Gasteiger partial charge on any atom is -0.295 e. The Labute approximate surface area is 262 Å². The van der Waals surface area contributed by atoms with Crippen LogP contribution < -0.4 is 5.69 Å². The smallest absolute Gasteiger partial charge is 0.295 e. The van der Waals surface area contributed by atoms with Crippen LogP contribution in [0.3, 0.4) is 0 Å². The van der Waals surface area contributed by atoms with Crippen LogP contribution in [-0.4, -0.2) is 19.1 Å². The van der Waals surface area contributed by atoms with E-state index in [1.54, 1.807) is 9.13 Å². The molecule has 0 radical (unpaired) electrons. The zero-order chi connectivity index (χ0) is 30.9. The topological polar surface area (TPSA) is 52.7 Å². The first kappa shape index (κ1) is 27.0. The van der Waals surface area contributed by atoms with Gasteiger partial charge in [0.2, 0.25) is 0 Å². The Hall–Kier alpha value is -5.55. The van der Waals surface area contributed by atoms with Crippen LogP contribution in [0.1, 0.15) is 25.0 Å². The molecule has 0 saturated heterocycles. The summed E-state index contributed by atoms with van der Waals surface area (Å²) in [5.41, 5.74) is 13.9. The summed E-state index contributed by atoms with van der Waals surface area (Å²) in [5, 5.41) is 0. The lowest BCUT2D eigenvalue weighted by Gasteiger charge is -2.21. The molecule has 1 aliphatic rings. The monoisotopic (exact) mass is 584 g/mol. The van der Waals surface area contributed by atoms with E-state index in [9.17, 15) is 4.79 Å². The van der Waals surface area contributed by atoms with Crippen molar-refractivity contribution in [3.8, 4) is 56.2 Å². The lowest BCUT2D eigenvalue weighted by atomic mass is 9.82. The van der Waals surface area contributed by atoms with Gasteiger partial charge in [0.25, 0.3) is 0 Å². The molecule has 7 aromatic rings. The lowest BCUT2D eigenvalue weighted by Crippen LogP contribution is -2.19. The van der Waals surface area contributed by atoms with Crippen LogP contribution in [-0.2, 0) is 19.5 Å². The van der Waals surface area contributed by atoms with Crippen LogP contribution in [0.5, 0.6) is 0 Å². The van der Waals surface area contributed by atoms with E-state index in [-0.39, 0.29) is 11.1 Å². The van der Waals surface area contributed by atoms with Crippen molar-refractivity contribution < 1.29 is 0 Å². The summed E-state index contributed by atoms with van der Waals surface area (Å²) < 4.78 is 3.38. The molecular formula is C40H32N4O. The number of imidazole rings is 1. The third-order valence-electron chi connectivity index (χ3n) is 9.43. The highest BCUT2D eigenvalue weighted by molar-refractivity contribution is 5.92. The van der Waals surface area contributed by atoms with E-state index < -0.39 is 0 Å². The van der Waals surface area contributed by atoms with Crippen LogP contribution in [0.4, 0.5) is 0 Å². The summed E-state index contributed by atoms with van der Waals surface area (Å²) in [6.07, 6.45) is 0. The van der Waals surface area contributed by atoms with E-state index in [1.165, 1.54) is 22.3 Å². The molecule has 0 atom stereocenters. The lowest BCUT2D eigenvalue weighted by molar-refractivity contribution is 0.660. The first-order chi connectivity index (χ1) is 21.8. The molecule has 0 bridgehead atoms. The van der Waals surface area contributed by atoms with Gasteiger partial charge in [-0.1, -0.05) is 117 Å². The average Bonchev–Trinajstić information content (AvgIpc) is 3.46. The second-order valence-corrected chi connectivity index (χ2v) is 12.4. The summed E-state index contributed by atoms with van der Waals surface area (Å²) in [6, 6.07) is 42.3. The largest absolute Gasteiger partial charge is 0.328 e. The minimum absolute atomic E-state index is 0.0256. The predicted molar refractivity (Wildman–Crippen MR) is 183 cm³/mol. The summed E-state index contributed by atoms with van der Waals surface area (Å²) in [7, 11) is 3.62. The van der Waals surface area contributed by atoms with Crippen molar-refractivity contribution in [1.29, 1.82) is 0 Å². The average molecular weight is 585 g/mol. The number of rotatable bonds is 4. The van der Waals surface area contributed by atoms with Gasteiger partial charge in [-0.05, 0) is 51.6 Å². The third kappa shape index (κ3) is 4.19. The van der Waals surface area contributed by atoms with Gasteiger partial charge in [-0.3, -0.25) is 9.13 Å². The van der Waals surface area contributed by atoms with Gasteiger partial charge in [-0.25, -0.2) is 14.8 Å². The van der Waals surface area contributed by atoms with Crippen molar-refractivity contribution in [3.63, 3.8) is 0 Å². The number of nitrogens with zero attached hydrogens (tertiary/aromatic N) is 4. The Morgan fingerprint density at radius 3 is 1.96 bits per heavy atom. The number of fused-ring (bicyclic) bond motifs is 4. The molecule has 45 heavy (non-hydrogen) atoms. The van der Waals surface area contributed by atoms with E-state index in [2.05, 4.69) is 111 Å². The first-order valence-corrected chi connectivity index (χ1v) is 15.3. The van der Waals surface area contributed by atoms with Crippen molar-refractivity contribution >= 4 is 11.0 Å². The summed E-state index contributed by atoms with van der Waals surface area (Å²) >= 11 is 0. The van der Waals surface area contributed by atoms with Crippen molar-refractivity contribution in [2.24, 2.45) is 14.1 Å². The second-order valence-electron chi connectivity index (χ2n) is 12.4. The van der Waals surface area contributed by atoms with Crippen LogP contribution in [0.15, 0.2) is 126 Å².